The van der Waals surface area contributed by atoms with Crippen LogP contribution in [-0.4, -0.2) is 24.5 Å². The van der Waals surface area contributed by atoms with Gasteiger partial charge >= 0.3 is 0 Å². The molecule has 1 amide bonds. The molecule has 1 aliphatic rings. The van der Waals surface area contributed by atoms with E-state index in [1.54, 1.807) is 4.90 Å². The molecule has 0 bridgehead atoms. The van der Waals surface area contributed by atoms with Gasteiger partial charge in [-0.3, -0.25) is 4.79 Å². The van der Waals surface area contributed by atoms with Gasteiger partial charge in [0.05, 0.1) is 16.8 Å². The second-order valence-corrected chi connectivity index (χ2v) is 5.01. The summed E-state index contributed by atoms with van der Waals surface area (Å²) in [6.07, 6.45) is 0.836. The third-order valence-electron chi connectivity index (χ3n) is 2.88. The highest BCUT2D eigenvalue weighted by molar-refractivity contribution is 6.33. The smallest absolute Gasteiger partial charge is 0.244 e. The third kappa shape index (κ3) is 2.61. The minimum absolute atomic E-state index is 0.0775. The number of halogens is 1. The van der Waals surface area contributed by atoms with Crippen LogP contribution in [0.15, 0.2) is 24.3 Å². The minimum atomic E-state index is -0.0775. The molecule has 1 aromatic carbocycles. The Balaban J connectivity index is 2.15. The average molecular weight is 253 g/mol. The summed E-state index contributed by atoms with van der Waals surface area (Å²) in [5, 5.41) is 3.91. The molecule has 1 heterocycles. The summed E-state index contributed by atoms with van der Waals surface area (Å²) in [4.78, 5) is 14.0. The molecule has 1 N–H and O–H groups in total. The molecule has 0 aliphatic carbocycles. The summed E-state index contributed by atoms with van der Waals surface area (Å²) in [5.74, 6) is 0.117. The van der Waals surface area contributed by atoms with E-state index in [0.29, 0.717) is 11.1 Å². The van der Waals surface area contributed by atoms with Gasteiger partial charge in [0.15, 0.2) is 0 Å². The summed E-state index contributed by atoms with van der Waals surface area (Å²) in [6, 6.07) is 7.71. The van der Waals surface area contributed by atoms with Crippen molar-refractivity contribution in [2.24, 2.45) is 0 Å². The van der Waals surface area contributed by atoms with Crippen LogP contribution in [0.4, 0.5) is 5.69 Å². The van der Waals surface area contributed by atoms with E-state index in [1.807, 2.05) is 38.1 Å². The summed E-state index contributed by atoms with van der Waals surface area (Å²) >= 11 is 6.11. The Bertz CT molecular complexity index is 420. The predicted molar refractivity (Wildman–Crippen MR) is 70.5 cm³/mol. The molecule has 1 aromatic rings. The Morgan fingerprint density at radius 1 is 1.41 bits per heavy atom. The zero-order chi connectivity index (χ0) is 12.4. The standard InChI is InChI=1S/C13H17ClN2O/c1-9(2)15-11-7-8-16(13(11)17)12-6-4-3-5-10(12)14/h3-6,9,11,15H,7-8H2,1-2H3. The average Bonchev–Trinajstić information content (AvgIpc) is 2.61. The number of nitrogens with zero attached hydrogens (tertiary/aromatic N) is 1. The Hall–Kier alpha value is -1.06. The first-order valence-electron chi connectivity index (χ1n) is 5.91. The molecule has 0 spiro atoms. The van der Waals surface area contributed by atoms with E-state index in [1.165, 1.54) is 0 Å². The van der Waals surface area contributed by atoms with Crippen LogP contribution in [0.2, 0.25) is 5.02 Å². The fourth-order valence-electron chi connectivity index (χ4n) is 2.15. The molecule has 17 heavy (non-hydrogen) atoms. The molecule has 92 valence electrons. The van der Waals surface area contributed by atoms with Crippen LogP contribution in [0.3, 0.4) is 0 Å². The van der Waals surface area contributed by atoms with Crippen molar-refractivity contribution in [1.82, 2.24) is 5.32 Å². The summed E-state index contributed by atoms with van der Waals surface area (Å²) in [7, 11) is 0. The van der Waals surface area contributed by atoms with Crippen LogP contribution < -0.4 is 10.2 Å². The number of para-hydroxylation sites is 1. The van der Waals surface area contributed by atoms with E-state index in [0.717, 1.165) is 18.7 Å². The number of hydrogen-bond acceptors (Lipinski definition) is 2. The molecule has 2 rings (SSSR count). The van der Waals surface area contributed by atoms with Gasteiger partial charge in [0.25, 0.3) is 0 Å². The number of anilines is 1. The summed E-state index contributed by atoms with van der Waals surface area (Å²) < 4.78 is 0. The van der Waals surface area contributed by atoms with Crippen molar-refractivity contribution in [3.05, 3.63) is 29.3 Å². The maximum absolute atomic E-state index is 12.2. The molecular formula is C13H17ClN2O. The topological polar surface area (TPSA) is 32.3 Å². The molecular weight excluding hydrogens is 236 g/mol. The lowest BCUT2D eigenvalue weighted by Gasteiger charge is -2.19. The molecule has 1 saturated heterocycles. The Morgan fingerprint density at radius 3 is 2.76 bits per heavy atom. The van der Waals surface area contributed by atoms with Gasteiger partial charge in [-0.05, 0) is 18.6 Å². The van der Waals surface area contributed by atoms with Crippen LogP contribution in [0.25, 0.3) is 0 Å². The quantitative estimate of drug-likeness (QED) is 0.896. The molecule has 1 fully saturated rings. The largest absolute Gasteiger partial charge is 0.310 e. The Labute approximate surface area is 107 Å². The lowest BCUT2D eigenvalue weighted by atomic mass is 10.2. The van der Waals surface area contributed by atoms with Gasteiger partial charge < -0.3 is 10.2 Å². The van der Waals surface area contributed by atoms with Gasteiger partial charge in [0.1, 0.15) is 0 Å². The number of rotatable bonds is 3. The van der Waals surface area contributed by atoms with Gasteiger partial charge in [0, 0.05) is 12.6 Å². The number of nitrogens with one attached hydrogen (secondary N) is 1. The van der Waals surface area contributed by atoms with Crippen molar-refractivity contribution >= 4 is 23.2 Å². The van der Waals surface area contributed by atoms with Gasteiger partial charge in [-0.25, -0.2) is 0 Å². The maximum Gasteiger partial charge on any atom is 0.244 e. The molecule has 1 unspecified atom stereocenters. The molecule has 4 heteroatoms. The van der Waals surface area contributed by atoms with E-state index in [9.17, 15) is 4.79 Å². The second kappa shape index (κ2) is 5.07. The van der Waals surface area contributed by atoms with Crippen LogP contribution in [0, 0.1) is 0 Å². The number of benzene rings is 1. The van der Waals surface area contributed by atoms with Crippen LogP contribution in [-0.2, 0) is 4.79 Å². The highest BCUT2D eigenvalue weighted by Crippen LogP contribution is 2.28. The third-order valence-corrected chi connectivity index (χ3v) is 3.20. The molecule has 3 nitrogen and oxygen atoms in total. The maximum atomic E-state index is 12.2. The van der Waals surface area contributed by atoms with Crippen molar-refractivity contribution in [2.45, 2.75) is 32.4 Å². The highest BCUT2D eigenvalue weighted by atomic mass is 35.5. The minimum Gasteiger partial charge on any atom is -0.310 e. The van der Waals surface area contributed by atoms with E-state index >= 15 is 0 Å². The first kappa shape index (κ1) is 12.4. The van der Waals surface area contributed by atoms with Gasteiger partial charge in [-0.1, -0.05) is 37.6 Å². The molecule has 1 aliphatic heterocycles. The number of carbonyl (C=O) groups is 1. The van der Waals surface area contributed by atoms with Crippen LogP contribution in [0.1, 0.15) is 20.3 Å². The fourth-order valence-corrected chi connectivity index (χ4v) is 2.38. The second-order valence-electron chi connectivity index (χ2n) is 4.60. The van der Waals surface area contributed by atoms with Crippen molar-refractivity contribution in [1.29, 1.82) is 0 Å². The van der Waals surface area contributed by atoms with E-state index < -0.39 is 0 Å². The lowest BCUT2D eigenvalue weighted by molar-refractivity contribution is -0.118. The van der Waals surface area contributed by atoms with Crippen molar-refractivity contribution < 1.29 is 4.79 Å². The van der Waals surface area contributed by atoms with Gasteiger partial charge in [-0.15, -0.1) is 0 Å². The molecule has 0 saturated carbocycles. The van der Waals surface area contributed by atoms with Crippen molar-refractivity contribution in [3.8, 4) is 0 Å². The Morgan fingerprint density at radius 2 is 2.12 bits per heavy atom. The molecule has 1 atom stereocenters. The first-order valence-corrected chi connectivity index (χ1v) is 6.29. The fraction of sp³-hybridized carbons (Fsp3) is 0.462. The highest BCUT2D eigenvalue weighted by Gasteiger charge is 2.33. The number of hydrogen-bond donors (Lipinski definition) is 1. The Kier molecular flexibility index (Phi) is 3.69. The number of amides is 1. The summed E-state index contributed by atoms with van der Waals surface area (Å²) in [5.41, 5.74) is 0.812. The lowest BCUT2D eigenvalue weighted by Crippen LogP contribution is -2.41. The zero-order valence-electron chi connectivity index (χ0n) is 10.1. The normalized spacial score (nSPS) is 20.4. The summed E-state index contributed by atoms with van der Waals surface area (Å²) in [6.45, 7) is 4.82. The van der Waals surface area contributed by atoms with Gasteiger partial charge in [0.2, 0.25) is 5.91 Å². The van der Waals surface area contributed by atoms with E-state index in [4.69, 9.17) is 11.6 Å². The van der Waals surface area contributed by atoms with E-state index in [2.05, 4.69) is 5.32 Å². The SMILES string of the molecule is CC(C)NC1CCN(c2ccccc2Cl)C1=O. The predicted octanol–water partition coefficient (Wildman–Crippen LogP) is 2.44. The van der Waals surface area contributed by atoms with Crippen LogP contribution in [0.5, 0.6) is 0 Å². The van der Waals surface area contributed by atoms with Crippen molar-refractivity contribution in [3.63, 3.8) is 0 Å². The number of carbonyl (C=O) groups excluding carboxylic acids is 1. The zero-order valence-corrected chi connectivity index (χ0v) is 10.9. The molecule has 0 radical (unpaired) electrons. The monoisotopic (exact) mass is 252 g/mol. The van der Waals surface area contributed by atoms with Crippen molar-refractivity contribution in [2.75, 3.05) is 11.4 Å². The van der Waals surface area contributed by atoms with E-state index in [-0.39, 0.29) is 11.9 Å². The molecule has 0 aromatic heterocycles. The van der Waals surface area contributed by atoms with Crippen LogP contribution >= 0.6 is 11.6 Å². The van der Waals surface area contributed by atoms with Gasteiger partial charge in [-0.2, -0.15) is 0 Å². The first-order chi connectivity index (χ1) is 8.09.